The molecule has 0 aromatic carbocycles. The number of rotatable bonds is 4. The fourth-order valence-corrected chi connectivity index (χ4v) is 0.839. The van der Waals surface area contributed by atoms with Crippen molar-refractivity contribution in [3.8, 4) is 11.8 Å². The molecule has 0 amide bonds. The highest BCUT2D eigenvalue weighted by Crippen LogP contribution is 2.02. The third-order valence-corrected chi connectivity index (χ3v) is 1.72. The van der Waals surface area contributed by atoms with Crippen molar-refractivity contribution in [3.63, 3.8) is 0 Å². The highest BCUT2D eigenvalue weighted by atomic mass is 16.5. The monoisotopic (exact) mass is 212 g/mol. The molecule has 2 atom stereocenters. The van der Waals surface area contributed by atoms with Gasteiger partial charge in [-0.3, -0.25) is 4.79 Å². The summed E-state index contributed by atoms with van der Waals surface area (Å²) in [7, 11) is 1.27. The Balaban J connectivity index is 3.95. The standard InChI is InChI=1S/C11H16O4/c1-3-4-5-6-9(12)10(13)7-8-11(14)15-2/h3-4,9-10,12-13H,7-8H2,1-2H3/b4-3+/t9-,10-/m0/s1. The minimum Gasteiger partial charge on any atom is -0.469 e. The largest absolute Gasteiger partial charge is 0.469 e. The minimum atomic E-state index is -1.13. The summed E-state index contributed by atoms with van der Waals surface area (Å²) in [6.07, 6.45) is 1.34. The van der Waals surface area contributed by atoms with E-state index in [0.717, 1.165) is 0 Å². The normalized spacial score (nSPS) is 14.1. The summed E-state index contributed by atoms with van der Waals surface area (Å²) in [5.74, 6) is 4.59. The van der Waals surface area contributed by atoms with Gasteiger partial charge in [0, 0.05) is 6.42 Å². The van der Waals surface area contributed by atoms with Crippen LogP contribution in [0, 0.1) is 11.8 Å². The number of aliphatic hydroxyl groups is 2. The van der Waals surface area contributed by atoms with E-state index in [1.165, 1.54) is 7.11 Å². The maximum atomic E-state index is 10.7. The third kappa shape index (κ3) is 6.72. The lowest BCUT2D eigenvalue weighted by atomic mass is 10.1. The van der Waals surface area contributed by atoms with Gasteiger partial charge in [0.25, 0.3) is 0 Å². The number of ether oxygens (including phenoxy) is 1. The van der Waals surface area contributed by atoms with Crippen molar-refractivity contribution in [1.29, 1.82) is 0 Å². The Morgan fingerprint density at radius 1 is 1.53 bits per heavy atom. The van der Waals surface area contributed by atoms with Gasteiger partial charge in [-0.1, -0.05) is 17.9 Å². The van der Waals surface area contributed by atoms with Crippen molar-refractivity contribution < 1.29 is 19.7 Å². The lowest BCUT2D eigenvalue weighted by molar-refractivity contribution is -0.141. The minimum absolute atomic E-state index is 0.0695. The Morgan fingerprint density at radius 3 is 2.73 bits per heavy atom. The van der Waals surface area contributed by atoms with Crippen molar-refractivity contribution >= 4 is 5.97 Å². The van der Waals surface area contributed by atoms with Gasteiger partial charge in [-0.15, -0.1) is 0 Å². The van der Waals surface area contributed by atoms with Crippen molar-refractivity contribution in [3.05, 3.63) is 12.2 Å². The van der Waals surface area contributed by atoms with Gasteiger partial charge in [-0.05, 0) is 19.4 Å². The fourth-order valence-electron chi connectivity index (χ4n) is 0.839. The van der Waals surface area contributed by atoms with E-state index in [2.05, 4.69) is 16.6 Å². The van der Waals surface area contributed by atoms with E-state index < -0.39 is 18.2 Å². The van der Waals surface area contributed by atoms with E-state index in [0.29, 0.717) is 0 Å². The highest BCUT2D eigenvalue weighted by molar-refractivity contribution is 5.69. The molecule has 0 bridgehead atoms. The van der Waals surface area contributed by atoms with E-state index in [9.17, 15) is 15.0 Å². The second-order valence-electron chi connectivity index (χ2n) is 2.92. The van der Waals surface area contributed by atoms with E-state index in [1.54, 1.807) is 19.1 Å². The first-order valence-corrected chi connectivity index (χ1v) is 4.67. The van der Waals surface area contributed by atoms with E-state index in [4.69, 9.17) is 0 Å². The molecule has 0 aliphatic carbocycles. The predicted octanol–water partition coefficient (Wildman–Crippen LogP) is 0.241. The van der Waals surface area contributed by atoms with Crippen LogP contribution >= 0.6 is 0 Å². The van der Waals surface area contributed by atoms with Gasteiger partial charge in [-0.25, -0.2) is 0 Å². The summed E-state index contributed by atoms with van der Waals surface area (Å²) in [4.78, 5) is 10.7. The Kier molecular flexibility index (Phi) is 7.33. The average molecular weight is 212 g/mol. The van der Waals surface area contributed by atoms with Gasteiger partial charge in [0.15, 0.2) is 0 Å². The molecule has 4 heteroatoms. The van der Waals surface area contributed by atoms with Crippen LogP contribution in [-0.4, -0.2) is 35.5 Å². The fraction of sp³-hybridized carbons (Fsp3) is 0.545. The number of hydrogen-bond donors (Lipinski definition) is 2. The molecule has 0 aliphatic rings. The molecule has 0 rings (SSSR count). The molecule has 0 radical (unpaired) electrons. The molecule has 84 valence electrons. The summed E-state index contributed by atoms with van der Waals surface area (Å²) >= 11 is 0. The molecule has 15 heavy (non-hydrogen) atoms. The van der Waals surface area contributed by atoms with Crippen LogP contribution in [0.4, 0.5) is 0 Å². The maximum Gasteiger partial charge on any atom is 0.305 e. The lowest BCUT2D eigenvalue weighted by Gasteiger charge is -2.11. The zero-order valence-electron chi connectivity index (χ0n) is 8.93. The number of carbonyl (C=O) groups excluding carboxylic acids is 1. The lowest BCUT2D eigenvalue weighted by Crippen LogP contribution is -2.25. The number of allylic oxidation sites excluding steroid dienone is 2. The number of hydrogen-bond acceptors (Lipinski definition) is 4. The molecule has 0 unspecified atom stereocenters. The van der Waals surface area contributed by atoms with Crippen molar-refractivity contribution in [1.82, 2.24) is 0 Å². The summed E-state index contributed by atoms with van der Waals surface area (Å²) in [6.45, 7) is 1.80. The molecule has 0 fully saturated rings. The molecule has 0 saturated carbocycles. The second kappa shape index (κ2) is 8.04. The molecule has 4 nitrogen and oxygen atoms in total. The molecule has 0 heterocycles. The van der Waals surface area contributed by atoms with Crippen LogP contribution in [0.2, 0.25) is 0 Å². The highest BCUT2D eigenvalue weighted by Gasteiger charge is 2.15. The Morgan fingerprint density at radius 2 is 2.20 bits per heavy atom. The van der Waals surface area contributed by atoms with Crippen LogP contribution in [0.15, 0.2) is 12.2 Å². The summed E-state index contributed by atoms with van der Waals surface area (Å²) < 4.78 is 4.40. The van der Waals surface area contributed by atoms with Crippen molar-refractivity contribution in [2.45, 2.75) is 32.0 Å². The SMILES string of the molecule is C/C=C/C#C[C@H](O)[C@@H](O)CCC(=O)OC. The third-order valence-electron chi connectivity index (χ3n) is 1.72. The van der Waals surface area contributed by atoms with Crippen LogP contribution in [0.1, 0.15) is 19.8 Å². The maximum absolute atomic E-state index is 10.7. The van der Waals surface area contributed by atoms with Crippen LogP contribution in [0.3, 0.4) is 0 Å². The molecular weight excluding hydrogens is 196 g/mol. The van der Waals surface area contributed by atoms with Crippen LogP contribution < -0.4 is 0 Å². The molecule has 0 aromatic rings. The molecular formula is C11H16O4. The molecule has 0 spiro atoms. The van der Waals surface area contributed by atoms with Crippen LogP contribution in [0.25, 0.3) is 0 Å². The molecule has 0 aromatic heterocycles. The van der Waals surface area contributed by atoms with E-state index >= 15 is 0 Å². The zero-order valence-corrected chi connectivity index (χ0v) is 8.93. The number of carbonyl (C=O) groups is 1. The van der Waals surface area contributed by atoms with E-state index in [1.807, 2.05) is 0 Å². The topological polar surface area (TPSA) is 66.8 Å². The quantitative estimate of drug-likeness (QED) is 0.517. The van der Waals surface area contributed by atoms with Crippen molar-refractivity contribution in [2.24, 2.45) is 0 Å². The van der Waals surface area contributed by atoms with Gasteiger partial charge in [0.2, 0.25) is 0 Å². The molecule has 0 aliphatic heterocycles. The smallest absolute Gasteiger partial charge is 0.305 e. The Labute approximate surface area is 89.6 Å². The first-order chi connectivity index (χ1) is 7.11. The first kappa shape index (κ1) is 13.7. The molecule has 2 N–H and O–H groups in total. The Bertz CT molecular complexity index is 272. The predicted molar refractivity (Wildman–Crippen MR) is 55.9 cm³/mol. The summed E-state index contributed by atoms with van der Waals surface area (Å²) in [5.41, 5.74) is 0. The van der Waals surface area contributed by atoms with Crippen molar-refractivity contribution in [2.75, 3.05) is 7.11 Å². The van der Waals surface area contributed by atoms with Gasteiger partial charge in [-0.2, -0.15) is 0 Å². The summed E-state index contributed by atoms with van der Waals surface area (Å²) in [5, 5.41) is 18.7. The molecule has 0 saturated heterocycles. The Hall–Kier alpha value is -1.31. The van der Waals surface area contributed by atoms with E-state index in [-0.39, 0.29) is 12.8 Å². The number of aliphatic hydroxyl groups excluding tert-OH is 2. The van der Waals surface area contributed by atoms with Crippen LogP contribution in [0.5, 0.6) is 0 Å². The second-order valence-corrected chi connectivity index (χ2v) is 2.92. The zero-order chi connectivity index (χ0) is 11.7. The number of methoxy groups -OCH3 is 1. The van der Waals surface area contributed by atoms with Crippen LogP contribution in [-0.2, 0) is 9.53 Å². The number of esters is 1. The first-order valence-electron chi connectivity index (χ1n) is 4.67. The summed E-state index contributed by atoms with van der Waals surface area (Å²) in [6, 6.07) is 0. The van der Waals surface area contributed by atoms with Gasteiger partial charge < -0.3 is 14.9 Å². The van der Waals surface area contributed by atoms with Gasteiger partial charge in [0.1, 0.15) is 6.10 Å². The van der Waals surface area contributed by atoms with Gasteiger partial charge >= 0.3 is 5.97 Å². The average Bonchev–Trinajstić information content (AvgIpc) is 2.25. The van der Waals surface area contributed by atoms with Gasteiger partial charge in [0.05, 0.1) is 13.2 Å².